The van der Waals surface area contributed by atoms with E-state index in [0.29, 0.717) is 23.5 Å². The molecular weight excluding hydrogens is 508 g/mol. The first-order valence-electron chi connectivity index (χ1n) is 13.7. The number of amides is 1. The van der Waals surface area contributed by atoms with E-state index in [2.05, 4.69) is 10.2 Å². The fourth-order valence-electron chi connectivity index (χ4n) is 4.85. The molecule has 0 aromatic heterocycles. The van der Waals surface area contributed by atoms with Gasteiger partial charge in [-0.15, -0.1) is 0 Å². The van der Waals surface area contributed by atoms with Crippen LogP contribution in [-0.4, -0.2) is 44.7 Å². The van der Waals surface area contributed by atoms with E-state index in [9.17, 15) is 14.4 Å². The van der Waals surface area contributed by atoms with Gasteiger partial charge in [0.25, 0.3) is 0 Å². The summed E-state index contributed by atoms with van der Waals surface area (Å²) < 4.78 is 16.2. The molecule has 8 nitrogen and oxygen atoms in total. The summed E-state index contributed by atoms with van der Waals surface area (Å²) in [4.78, 5) is 41.1. The van der Waals surface area contributed by atoms with Crippen LogP contribution in [0.25, 0.3) is 0 Å². The quantitative estimate of drug-likeness (QED) is 0.339. The van der Waals surface area contributed by atoms with Crippen molar-refractivity contribution in [2.75, 3.05) is 31.7 Å². The van der Waals surface area contributed by atoms with Crippen molar-refractivity contribution in [3.05, 3.63) is 95.1 Å². The third-order valence-corrected chi connectivity index (χ3v) is 6.83. The van der Waals surface area contributed by atoms with Gasteiger partial charge in [0.2, 0.25) is 5.91 Å². The van der Waals surface area contributed by atoms with Crippen LogP contribution in [0.15, 0.2) is 72.8 Å². The molecule has 1 unspecified atom stereocenters. The number of methoxy groups -OCH3 is 1. The summed E-state index contributed by atoms with van der Waals surface area (Å²) in [5.74, 6) is -1.07. The Morgan fingerprint density at radius 3 is 2.35 bits per heavy atom. The lowest BCUT2D eigenvalue weighted by atomic mass is 10.0. The monoisotopic (exact) mass is 544 g/mol. The predicted octanol–water partition coefficient (Wildman–Crippen LogP) is 5.01. The van der Waals surface area contributed by atoms with Gasteiger partial charge in [-0.2, -0.15) is 0 Å². The smallest absolute Gasteiger partial charge is 0.342 e. The van der Waals surface area contributed by atoms with Crippen molar-refractivity contribution >= 4 is 23.5 Å². The molecule has 0 aliphatic carbocycles. The summed E-state index contributed by atoms with van der Waals surface area (Å²) in [5, 5.41) is 2.87. The van der Waals surface area contributed by atoms with Crippen molar-refractivity contribution < 1.29 is 28.6 Å². The van der Waals surface area contributed by atoms with Gasteiger partial charge < -0.3 is 24.4 Å². The van der Waals surface area contributed by atoms with Crippen LogP contribution in [-0.2, 0) is 32.1 Å². The van der Waals surface area contributed by atoms with Crippen LogP contribution in [0.4, 0.5) is 5.69 Å². The second-order valence-corrected chi connectivity index (χ2v) is 9.63. The molecule has 1 heterocycles. The maximum Gasteiger partial charge on any atom is 0.342 e. The first-order chi connectivity index (χ1) is 19.5. The van der Waals surface area contributed by atoms with Crippen molar-refractivity contribution in [2.24, 2.45) is 0 Å². The molecular formula is C32H36N2O6. The molecule has 0 saturated carbocycles. The highest BCUT2D eigenvalue weighted by Gasteiger charge is 2.28. The summed E-state index contributed by atoms with van der Waals surface area (Å²) in [6.07, 6.45) is 3.34. The molecule has 1 aliphatic rings. The third kappa shape index (κ3) is 7.40. The number of anilines is 1. The molecule has 1 aliphatic heterocycles. The second-order valence-electron chi connectivity index (χ2n) is 9.63. The van der Waals surface area contributed by atoms with Gasteiger partial charge in [0.1, 0.15) is 17.9 Å². The molecule has 8 heteroatoms. The van der Waals surface area contributed by atoms with Gasteiger partial charge in [0, 0.05) is 24.3 Å². The fourth-order valence-corrected chi connectivity index (χ4v) is 4.85. The highest BCUT2D eigenvalue weighted by atomic mass is 16.5. The molecule has 40 heavy (non-hydrogen) atoms. The first kappa shape index (κ1) is 28.7. The van der Waals surface area contributed by atoms with E-state index in [1.807, 2.05) is 61.5 Å². The van der Waals surface area contributed by atoms with Crippen molar-refractivity contribution in [2.45, 2.75) is 45.3 Å². The largest absolute Gasteiger partial charge is 0.493 e. The van der Waals surface area contributed by atoms with Gasteiger partial charge in [-0.05, 0) is 55.5 Å². The second kappa shape index (κ2) is 14.2. The first-order valence-corrected chi connectivity index (χ1v) is 13.7. The molecule has 1 N–H and O–H groups in total. The van der Waals surface area contributed by atoms with E-state index in [1.54, 1.807) is 18.2 Å². The van der Waals surface area contributed by atoms with E-state index in [0.717, 1.165) is 37.2 Å². The summed E-state index contributed by atoms with van der Waals surface area (Å²) in [6.45, 7) is 4.10. The average Bonchev–Trinajstić information content (AvgIpc) is 2.99. The van der Waals surface area contributed by atoms with Gasteiger partial charge in [0.15, 0.2) is 6.04 Å². The molecule has 210 valence electrons. The number of nitrogens with one attached hydrogen (secondary N) is 1. The molecule has 1 saturated heterocycles. The summed E-state index contributed by atoms with van der Waals surface area (Å²) in [6, 6.07) is 21.1. The van der Waals surface area contributed by atoms with E-state index in [1.165, 1.54) is 13.5 Å². The number of carbonyl (C=O) groups excluding carboxylic acids is 3. The number of rotatable bonds is 11. The Morgan fingerprint density at radius 1 is 0.900 bits per heavy atom. The maximum atomic E-state index is 13.2. The van der Waals surface area contributed by atoms with Crippen molar-refractivity contribution in [1.82, 2.24) is 5.32 Å². The van der Waals surface area contributed by atoms with Crippen LogP contribution >= 0.6 is 0 Å². The third-order valence-electron chi connectivity index (χ3n) is 6.83. The molecule has 1 atom stereocenters. The van der Waals surface area contributed by atoms with E-state index in [-0.39, 0.29) is 24.5 Å². The van der Waals surface area contributed by atoms with Gasteiger partial charge in [-0.3, -0.25) is 4.79 Å². The Hall–Kier alpha value is -4.33. The minimum absolute atomic E-state index is 0.0151. The number of hydrogen-bond donors (Lipinski definition) is 1. The highest BCUT2D eigenvalue weighted by Crippen LogP contribution is 2.30. The lowest BCUT2D eigenvalue weighted by molar-refractivity contribution is -0.145. The molecule has 1 amide bonds. The van der Waals surface area contributed by atoms with Crippen LogP contribution < -0.4 is 15.0 Å². The highest BCUT2D eigenvalue weighted by molar-refractivity contribution is 5.93. The number of nitrogens with zero attached hydrogens (tertiary/aromatic N) is 1. The normalized spacial score (nSPS) is 13.7. The Balaban J connectivity index is 1.48. The van der Waals surface area contributed by atoms with E-state index >= 15 is 0 Å². The van der Waals surface area contributed by atoms with E-state index in [4.69, 9.17) is 14.2 Å². The van der Waals surface area contributed by atoms with Gasteiger partial charge in [-0.1, -0.05) is 54.6 Å². The molecule has 3 aromatic carbocycles. The number of carbonyl (C=O) groups is 3. The Morgan fingerprint density at radius 2 is 1.62 bits per heavy atom. The SMILES string of the molecule is CCOc1cc(CC(=O)NC(C(=O)OC)c2ccccc2N2CCCCC2)ccc1C(=O)OCc1ccccc1. The molecule has 0 bridgehead atoms. The van der Waals surface area contributed by atoms with E-state index < -0.39 is 18.0 Å². The van der Waals surface area contributed by atoms with Crippen LogP contribution in [0.1, 0.15) is 59.3 Å². The predicted molar refractivity (Wildman–Crippen MR) is 152 cm³/mol. The molecule has 0 spiro atoms. The molecule has 1 fully saturated rings. The lowest BCUT2D eigenvalue weighted by Crippen LogP contribution is -2.37. The summed E-state index contributed by atoms with van der Waals surface area (Å²) in [7, 11) is 1.31. The van der Waals surface area contributed by atoms with Gasteiger partial charge in [-0.25, -0.2) is 9.59 Å². The lowest BCUT2D eigenvalue weighted by Gasteiger charge is -2.32. The van der Waals surface area contributed by atoms with Gasteiger partial charge in [0.05, 0.1) is 20.1 Å². The van der Waals surface area contributed by atoms with Crippen LogP contribution in [0.5, 0.6) is 5.75 Å². The van der Waals surface area contributed by atoms with Crippen LogP contribution in [0.2, 0.25) is 0 Å². The minimum Gasteiger partial charge on any atom is -0.493 e. The van der Waals surface area contributed by atoms with Crippen LogP contribution in [0.3, 0.4) is 0 Å². The van der Waals surface area contributed by atoms with Crippen molar-refractivity contribution in [3.63, 3.8) is 0 Å². The Kier molecular flexibility index (Phi) is 10.2. The van der Waals surface area contributed by atoms with Gasteiger partial charge >= 0.3 is 11.9 Å². The number of hydrogen-bond acceptors (Lipinski definition) is 7. The zero-order chi connectivity index (χ0) is 28.3. The standard InChI is InChI=1S/C32H36N2O6/c1-3-39-28-20-24(16-17-26(28)31(36)40-22-23-12-6-4-7-13-23)21-29(35)33-30(32(37)38-2)25-14-8-9-15-27(25)34-18-10-5-11-19-34/h4,6-9,12-17,20,30H,3,5,10-11,18-19,21-22H2,1-2H3,(H,33,35). The Bertz CT molecular complexity index is 1300. The minimum atomic E-state index is -0.950. The number of piperidine rings is 1. The Labute approximate surface area is 235 Å². The average molecular weight is 545 g/mol. The fraction of sp³-hybridized carbons (Fsp3) is 0.344. The zero-order valence-electron chi connectivity index (χ0n) is 23.1. The van der Waals surface area contributed by atoms with Crippen LogP contribution in [0, 0.1) is 0 Å². The van der Waals surface area contributed by atoms with Crippen molar-refractivity contribution in [3.8, 4) is 5.75 Å². The number of para-hydroxylation sites is 1. The molecule has 3 aromatic rings. The number of ether oxygens (including phenoxy) is 3. The van der Waals surface area contributed by atoms with Crippen molar-refractivity contribution in [1.29, 1.82) is 0 Å². The maximum absolute atomic E-state index is 13.2. The molecule has 4 rings (SSSR count). The topological polar surface area (TPSA) is 94.2 Å². The summed E-state index contributed by atoms with van der Waals surface area (Å²) >= 11 is 0. The zero-order valence-corrected chi connectivity index (χ0v) is 23.1. The number of benzene rings is 3. The summed E-state index contributed by atoms with van der Waals surface area (Å²) in [5.41, 5.74) is 3.42. The number of esters is 2. The molecule has 0 radical (unpaired) electrons.